The van der Waals surface area contributed by atoms with Gasteiger partial charge in [0.2, 0.25) is 0 Å². The van der Waals surface area contributed by atoms with Gasteiger partial charge in [0.05, 0.1) is 10.6 Å². The van der Waals surface area contributed by atoms with Crippen LogP contribution in [-0.2, 0) is 11.9 Å². The third-order valence-corrected chi connectivity index (χ3v) is 3.53. The Balaban J connectivity index is 2.15. The molecule has 0 bridgehead atoms. The quantitative estimate of drug-likeness (QED) is 0.700. The molecule has 0 radical (unpaired) electrons. The first-order valence-corrected chi connectivity index (χ1v) is 7.02. The van der Waals surface area contributed by atoms with Gasteiger partial charge in [-0.1, -0.05) is 39.7 Å². The van der Waals surface area contributed by atoms with Crippen LogP contribution in [-0.4, -0.2) is 0 Å². The van der Waals surface area contributed by atoms with Crippen molar-refractivity contribution in [3.63, 3.8) is 0 Å². The number of hydrogen-bond acceptors (Lipinski definition) is 1. The smallest absolute Gasteiger partial charge is 0.138 e. The van der Waals surface area contributed by atoms with Crippen molar-refractivity contribution in [3.05, 3.63) is 64.2 Å². The lowest BCUT2D eigenvalue weighted by atomic mass is 10.2. The van der Waals surface area contributed by atoms with Crippen molar-refractivity contribution in [2.75, 3.05) is 0 Å². The molecular formula is C14H10BrClF2O. The molecule has 0 amide bonds. The Bertz CT molecular complexity index is 569. The second-order valence-corrected chi connectivity index (χ2v) is 4.86. The predicted octanol–water partition coefficient (Wildman–Crippen LogP) is 5.09. The minimum absolute atomic E-state index is 0.108. The molecule has 0 aliphatic rings. The lowest BCUT2D eigenvalue weighted by Crippen LogP contribution is -2.02. The Morgan fingerprint density at radius 2 is 1.79 bits per heavy atom. The van der Waals surface area contributed by atoms with E-state index in [4.69, 9.17) is 16.3 Å². The van der Waals surface area contributed by atoms with E-state index in [0.717, 1.165) is 5.56 Å². The zero-order chi connectivity index (χ0) is 13.8. The van der Waals surface area contributed by atoms with Crippen LogP contribution in [0.2, 0.25) is 5.02 Å². The van der Waals surface area contributed by atoms with Crippen LogP contribution < -0.4 is 4.74 Å². The Morgan fingerprint density at radius 3 is 2.37 bits per heavy atom. The maximum absolute atomic E-state index is 13.4. The highest BCUT2D eigenvalue weighted by atomic mass is 79.9. The first kappa shape index (κ1) is 14.3. The lowest BCUT2D eigenvalue weighted by molar-refractivity contribution is 0.292. The molecule has 0 saturated heterocycles. The van der Waals surface area contributed by atoms with E-state index in [1.54, 1.807) is 12.1 Å². The highest BCUT2D eigenvalue weighted by Crippen LogP contribution is 2.27. The highest BCUT2D eigenvalue weighted by molar-refractivity contribution is 9.08. The summed E-state index contributed by atoms with van der Waals surface area (Å²) in [5, 5.41) is 1.09. The van der Waals surface area contributed by atoms with Crippen molar-refractivity contribution in [3.8, 4) is 5.75 Å². The van der Waals surface area contributed by atoms with Crippen LogP contribution >= 0.6 is 27.5 Å². The molecule has 0 heterocycles. The van der Waals surface area contributed by atoms with E-state index < -0.39 is 11.6 Å². The average molecular weight is 348 g/mol. The minimum Gasteiger partial charge on any atom is -0.487 e. The summed E-state index contributed by atoms with van der Waals surface area (Å²) in [5.74, 6) is -0.865. The summed E-state index contributed by atoms with van der Waals surface area (Å²) in [6.07, 6.45) is 0. The fraction of sp³-hybridized carbons (Fsp3) is 0.143. The molecule has 0 aromatic heterocycles. The topological polar surface area (TPSA) is 9.23 Å². The fourth-order valence-corrected chi connectivity index (χ4v) is 2.17. The summed E-state index contributed by atoms with van der Waals surface area (Å²) in [6.45, 7) is -0.202. The highest BCUT2D eigenvalue weighted by Gasteiger charge is 2.10. The number of hydrogen-bond donors (Lipinski definition) is 0. The molecule has 1 nitrogen and oxygen atoms in total. The third-order valence-electron chi connectivity index (χ3n) is 2.58. The van der Waals surface area contributed by atoms with Gasteiger partial charge in [-0.05, 0) is 29.8 Å². The molecule has 0 N–H and O–H groups in total. The zero-order valence-corrected chi connectivity index (χ0v) is 12.1. The van der Waals surface area contributed by atoms with E-state index in [9.17, 15) is 8.78 Å². The third kappa shape index (κ3) is 3.45. The molecule has 0 spiro atoms. The summed E-state index contributed by atoms with van der Waals surface area (Å²) in [7, 11) is 0. The van der Waals surface area contributed by atoms with E-state index in [1.807, 2.05) is 6.07 Å². The molecule has 0 aliphatic heterocycles. The second-order valence-electron chi connectivity index (χ2n) is 3.89. The largest absolute Gasteiger partial charge is 0.487 e. The number of benzene rings is 2. The molecule has 2 aromatic carbocycles. The van der Waals surface area contributed by atoms with Crippen LogP contribution in [0.5, 0.6) is 5.75 Å². The fourth-order valence-electron chi connectivity index (χ4n) is 1.56. The van der Waals surface area contributed by atoms with Gasteiger partial charge in [-0.25, -0.2) is 8.78 Å². The Labute approximate surface area is 123 Å². The second kappa shape index (κ2) is 6.35. The number of alkyl halides is 1. The monoisotopic (exact) mass is 346 g/mol. The first-order valence-electron chi connectivity index (χ1n) is 5.52. The van der Waals surface area contributed by atoms with Gasteiger partial charge >= 0.3 is 0 Å². The summed E-state index contributed by atoms with van der Waals surface area (Å²) < 4.78 is 32.2. The van der Waals surface area contributed by atoms with Crippen LogP contribution in [0.4, 0.5) is 8.78 Å². The van der Waals surface area contributed by atoms with Gasteiger partial charge in [-0.3, -0.25) is 0 Å². The molecule has 0 atom stereocenters. The number of halogens is 4. The van der Waals surface area contributed by atoms with Crippen molar-refractivity contribution in [2.45, 2.75) is 11.9 Å². The number of ether oxygens (including phenoxy) is 1. The molecular weight excluding hydrogens is 338 g/mol. The van der Waals surface area contributed by atoms with Crippen molar-refractivity contribution >= 4 is 27.5 Å². The summed E-state index contributed by atoms with van der Waals surface area (Å²) in [5.41, 5.74) is 0.887. The van der Waals surface area contributed by atoms with E-state index in [1.165, 1.54) is 18.2 Å². The molecule has 0 fully saturated rings. The van der Waals surface area contributed by atoms with Gasteiger partial charge in [-0.2, -0.15) is 0 Å². The van der Waals surface area contributed by atoms with Gasteiger partial charge in [0, 0.05) is 5.33 Å². The van der Waals surface area contributed by atoms with Gasteiger partial charge in [0.1, 0.15) is 24.0 Å². The molecule has 0 saturated carbocycles. The average Bonchev–Trinajstić information content (AvgIpc) is 2.39. The maximum atomic E-state index is 13.4. The van der Waals surface area contributed by atoms with E-state index in [2.05, 4.69) is 15.9 Å². The van der Waals surface area contributed by atoms with Crippen LogP contribution in [0.15, 0.2) is 36.4 Å². The minimum atomic E-state index is -0.631. The normalized spacial score (nSPS) is 10.5. The Hall–Kier alpha value is -1.13. The van der Waals surface area contributed by atoms with Crippen LogP contribution in [0, 0.1) is 11.6 Å². The van der Waals surface area contributed by atoms with Gasteiger partial charge in [0.15, 0.2) is 0 Å². The van der Waals surface area contributed by atoms with Crippen molar-refractivity contribution in [2.24, 2.45) is 0 Å². The van der Waals surface area contributed by atoms with E-state index >= 15 is 0 Å². The first-order chi connectivity index (χ1) is 9.11. The SMILES string of the molecule is Fc1cccc(F)c1COc1ccc(CBr)cc1Cl. The van der Waals surface area contributed by atoms with Crippen molar-refractivity contribution in [1.82, 2.24) is 0 Å². The van der Waals surface area contributed by atoms with Crippen molar-refractivity contribution < 1.29 is 13.5 Å². The lowest BCUT2D eigenvalue weighted by Gasteiger charge is -2.10. The zero-order valence-electron chi connectivity index (χ0n) is 9.80. The van der Waals surface area contributed by atoms with Crippen LogP contribution in [0.3, 0.4) is 0 Å². The van der Waals surface area contributed by atoms with Crippen LogP contribution in [0.25, 0.3) is 0 Å². The maximum Gasteiger partial charge on any atom is 0.138 e. The van der Waals surface area contributed by atoms with Crippen molar-refractivity contribution in [1.29, 1.82) is 0 Å². The number of rotatable bonds is 4. The Morgan fingerprint density at radius 1 is 1.11 bits per heavy atom. The molecule has 2 rings (SSSR count). The van der Waals surface area contributed by atoms with Crippen LogP contribution in [0.1, 0.15) is 11.1 Å². The molecule has 2 aromatic rings. The van der Waals surface area contributed by atoms with Gasteiger partial charge < -0.3 is 4.74 Å². The Kier molecular flexibility index (Phi) is 4.77. The van der Waals surface area contributed by atoms with E-state index in [0.29, 0.717) is 16.1 Å². The summed E-state index contributed by atoms with van der Waals surface area (Å²) in [4.78, 5) is 0. The summed E-state index contributed by atoms with van der Waals surface area (Å²) >= 11 is 9.33. The molecule has 100 valence electrons. The molecule has 19 heavy (non-hydrogen) atoms. The molecule has 0 unspecified atom stereocenters. The van der Waals surface area contributed by atoms with Gasteiger partial charge in [0.25, 0.3) is 0 Å². The van der Waals surface area contributed by atoms with E-state index in [-0.39, 0.29) is 12.2 Å². The standard InChI is InChI=1S/C14H10BrClF2O/c15-7-9-4-5-14(11(16)6-9)19-8-10-12(17)2-1-3-13(10)18/h1-6H,7-8H2. The summed E-state index contributed by atoms with van der Waals surface area (Å²) in [6, 6.07) is 8.94. The molecule has 0 aliphatic carbocycles. The molecule has 5 heteroatoms. The predicted molar refractivity (Wildman–Crippen MR) is 74.8 cm³/mol. The van der Waals surface area contributed by atoms with Gasteiger partial charge in [-0.15, -0.1) is 0 Å².